The van der Waals surface area contributed by atoms with Gasteiger partial charge in [0.1, 0.15) is 5.60 Å². The largest absolute Gasteiger partial charge is 0.444 e. The van der Waals surface area contributed by atoms with Gasteiger partial charge in [-0.15, -0.1) is 0 Å². The number of hydrogen-bond donors (Lipinski definition) is 2. The fourth-order valence-corrected chi connectivity index (χ4v) is 1.95. The van der Waals surface area contributed by atoms with Crippen LogP contribution in [0.25, 0.3) is 0 Å². The van der Waals surface area contributed by atoms with Crippen LogP contribution in [0.2, 0.25) is 0 Å². The molecule has 0 radical (unpaired) electrons. The Morgan fingerprint density at radius 1 is 1.19 bits per heavy atom. The van der Waals surface area contributed by atoms with Crippen LogP contribution in [0.15, 0.2) is 24.3 Å². The molecular formula is C17H28N2O2. The summed E-state index contributed by atoms with van der Waals surface area (Å²) in [6.45, 7) is 12.1. The third-order valence-electron chi connectivity index (χ3n) is 3.37. The van der Waals surface area contributed by atoms with Gasteiger partial charge in [0.2, 0.25) is 0 Å². The SMILES string of the molecule is Cc1ccc(C(N)C(C)(C)CNC(=O)OC(C)(C)C)cc1. The predicted molar refractivity (Wildman–Crippen MR) is 86.1 cm³/mol. The fourth-order valence-electron chi connectivity index (χ4n) is 1.95. The van der Waals surface area contributed by atoms with E-state index in [1.807, 2.05) is 65.8 Å². The van der Waals surface area contributed by atoms with Crippen LogP contribution < -0.4 is 11.1 Å². The monoisotopic (exact) mass is 292 g/mol. The molecule has 3 N–H and O–H groups in total. The van der Waals surface area contributed by atoms with E-state index in [0.29, 0.717) is 6.54 Å². The maximum Gasteiger partial charge on any atom is 0.407 e. The quantitative estimate of drug-likeness (QED) is 0.892. The Morgan fingerprint density at radius 3 is 2.19 bits per heavy atom. The number of nitrogens with one attached hydrogen (secondary N) is 1. The molecule has 0 bridgehead atoms. The highest BCUT2D eigenvalue weighted by molar-refractivity contribution is 5.67. The first-order valence-corrected chi connectivity index (χ1v) is 7.30. The van der Waals surface area contributed by atoms with Crippen molar-refractivity contribution in [3.8, 4) is 0 Å². The van der Waals surface area contributed by atoms with Crippen LogP contribution >= 0.6 is 0 Å². The normalized spacial score (nSPS) is 13.7. The van der Waals surface area contributed by atoms with Crippen molar-refractivity contribution in [2.24, 2.45) is 11.1 Å². The van der Waals surface area contributed by atoms with Crippen molar-refractivity contribution in [1.29, 1.82) is 0 Å². The summed E-state index contributed by atoms with van der Waals surface area (Å²) in [6, 6.07) is 8.01. The third kappa shape index (κ3) is 5.76. The Bertz CT molecular complexity index is 473. The fraction of sp³-hybridized carbons (Fsp3) is 0.588. The lowest BCUT2D eigenvalue weighted by molar-refractivity contribution is 0.0500. The highest BCUT2D eigenvalue weighted by Crippen LogP contribution is 2.30. The van der Waals surface area contributed by atoms with Crippen molar-refractivity contribution in [3.05, 3.63) is 35.4 Å². The average Bonchev–Trinajstić information content (AvgIpc) is 2.34. The van der Waals surface area contributed by atoms with Crippen molar-refractivity contribution in [2.45, 2.75) is 53.2 Å². The Hall–Kier alpha value is -1.55. The number of carbonyl (C=O) groups is 1. The van der Waals surface area contributed by atoms with E-state index in [1.54, 1.807) is 0 Å². The summed E-state index contributed by atoms with van der Waals surface area (Å²) in [4.78, 5) is 11.7. The number of carbonyl (C=O) groups excluding carboxylic acids is 1. The molecular weight excluding hydrogens is 264 g/mol. The Morgan fingerprint density at radius 2 is 1.71 bits per heavy atom. The molecule has 118 valence electrons. The summed E-state index contributed by atoms with van der Waals surface area (Å²) in [5.41, 5.74) is 7.85. The zero-order valence-corrected chi connectivity index (χ0v) is 14.0. The number of aryl methyl sites for hydroxylation is 1. The number of hydrogen-bond acceptors (Lipinski definition) is 3. The van der Waals surface area contributed by atoms with Crippen LogP contribution in [-0.4, -0.2) is 18.2 Å². The molecule has 1 amide bonds. The lowest BCUT2D eigenvalue weighted by atomic mass is 9.81. The number of nitrogens with two attached hydrogens (primary N) is 1. The molecule has 0 aliphatic carbocycles. The van der Waals surface area contributed by atoms with E-state index >= 15 is 0 Å². The maximum absolute atomic E-state index is 11.7. The standard InChI is InChI=1S/C17H28N2O2/c1-12-7-9-13(10-8-12)14(18)17(5,6)11-19-15(20)21-16(2,3)4/h7-10,14H,11,18H2,1-6H3,(H,19,20). The Kier molecular flexibility index (Phi) is 5.40. The van der Waals surface area contributed by atoms with Crippen LogP contribution in [-0.2, 0) is 4.74 Å². The molecule has 1 unspecified atom stereocenters. The van der Waals surface area contributed by atoms with Gasteiger partial charge in [0.25, 0.3) is 0 Å². The van der Waals surface area contributed by atoms with Gasteiger partial charge < -0.3 is 15.8 Å². The average molecular weight is 292 g/mol. The Balaban J connectivity index is 2.64. The van der Waals surface area contributed by atoms with E-state index in [-0.39, 0.29) is 11.5 Å². The summed E-state index contributed by atoms with van der Waals surface area (Å²) in [5.74, 6) is 0. The van der Waals surface area contributed by atoms with Gasteiger partial charge in [-0.25, -0.2) is 4.79 Å². The lowest BCUT2D eigenvalue weighted by Gasteiger charge is -2.32. The molecule has 0 fully saturated rings. The molecule has 0 spiro atoms. The maximum atomic E-state index is 11.7. The molecule has 4 heteroatoms. The number of rotatable bonds is 4. The van der Waals surface area contributed by atoms with E-state index < -0.39 is 11.7 Å². The van der Waals surface area contributed by atoms with Gasteiger partial charge in [-0.2, -0.15) is 0 Å². The molecule has 0 aliphatic heterocycles. The minimum Gasteiger partial charge on any atom is -0.444 e. The van der Waals surface area contributed by atoms with Gasteiger partial charge >= 0.3 is 6.09 Å². The van der Waals surface area contributed by atoms with Crippen molar-refractivity contribution in [1.82, 2.24) is 5.32 Å². The topological polar surface area (TPSA) is 64.3 Å². The van der Waals surface area contributed by atoms with Crippen molar-refractivity contribution >= 4 is 6.09 Å². The molecule has 0 saturated heterocycles. The van der Waals surface area contributed by atoms with Crippen molar-refractivity contribution in [3.63, 3.8) is 0 Å². The van der Waals surface area contributed by atoms with Crippen LogP contribution in [0.4, 0.5) is 4.79 Å². The molecule has 1 rings (SSSR count). The summed E-state index contributed by atoms with van der Waals surface area (Å²) in [6.07, 6.45) is -0.410. The first-order chi connectivity index (χ1) is 9.51. The summed E-state index contributed by atoms with van der Waals surface area (Å²) >= 11 is 0. The zero-order chi connectivity index (χ0) is 16.3. The minimum atomic E-state index is -0.493. The number of ether oxygens (including phenoxy) is 1. The molecule has 0 heterocycles. The second-order valence-corrected chi connectivity index (χ2v) is 7.23. The number of amides is 1. The minimum absolute atomic E-state index is 0.159. The smallest absolute Gasteiger partial charge is 0.407 e. The molecule has 1 aromatic rings. The van der Waals surface area contributed by atoms with Crippen LogP contribution in [0, 0.1) is 12.3 Å². The van der Waals surface area contributed by atoms with Gasteiger partial charge in [0, 0.05) is 18.0 Å². The number of benzene rings is 1. The summed E-state index contributed by atoms with van der Waals surface area (Å²) < 4.78 is 5.24. The molecule has 21 heavy (non-hydrogen) atoms. The van der Waals surface area contributed by atoms with Gasteiger partial charge in [0.15, 0.2) is 0 Å². The van der Waals surface area contributed by atoms with Crippen LogP contribution in [0.3, 0.4) is 0 Å². The highest BCUT2D eigenvalue weighted by atomic mass is 16.6. The zero-order valence-electron chi connectivity index (χ0n) is 14.0. The molecule has 4 nitrogen and oxygen atoms in total. The van der Waals surface area contributed by atoms with Crippen molar-refractivity contribution < 1.29 is 9.53 Å². The van der Waals surface area contributed by atoms with Gasteiger partial charge in [-0.05, 0) is 33.3 Å². The van der Waals surface area contributed by atoms with Gasteiger partial charge in [0.05, 0.1) is 0 Å². The Labute approximate surface area is 128 Å². The predicted octanol–water partition coefficient (Wildman–Crippen LogP) is 3.55. The molecule has 0 aliphatic rings. The van der Waals surface area contributed by atoms with E-state index in [4.69, 9.17) is 10.5 Å². The second-order valence-electron chi connectivity index (χ2n) is 7.23. The van der Waals surface area contributed by atoms with E-state index in [1.165, 1.54) is 5.56 Å². The van der Waals surface area contributed by atoms with Crippen LogP contribution in [0.1, 0.15) is 51.8 Å². The molecule has 1 aromatic carbocycles. The highest BCUT2D eigenvalue weighted by Gasteiger charge is 2.29. The second kappa shape index (κ2) is 6.48. The number of alkyl carbamates (subject to hydrolysis) is 1. The third-order valence-corrected chi connectivity index (χ3v) is 3.37. The lowest BCUT2D eigenvalue weighted by Crippen LogP contribution is -2.42. The van der Waals surface area contributed by atoms with E-state index in [9.17, 15) is 4.79 Å². The molecule has 1 atom stereocenters. The van der Waals surface area contributed by atoms with Gasteiger partial charge in [-0.1, -0.05) is 43.7 Å². The summed E-state index contributed by atoms with van der Waals surface area (Å²) in [7, 11) is 0. The van der Waals surface area contributed by atoms with E-state index in [0.717, 1.165) is 5.56 Å². The van der Waals surface area contributed by atoms with Crippen LogP contribution in [0.5, 0.6) is 0 Å². The van der Waals surface area contributed by atoms with E-state index in [2.05, 4.69) is 5.32 Å². The first kappa shape index (κ1) is 17.5. The first-order valence-electron chi connectivity index (χ1n) is 7.30. The molecule has 0 aromatic heterocycles. The van der Waals surface area contributed by atoms with Gasteiger partial charge in [-0.3, -0.25) is 0 Å². The van der Waals surface area contributed by atoms with Crippen molar-refractivity contribution in [2.75, 3.05) is 6.54 Å². The summed E-state index contributed by atoms with van der Waals surface area (Å²) in [5, 5.41) is 2.80. The molecule has 0 saturated carbocycles.